The van der Waals surface area contributed by atoms with Crippen LogP contribution in [0, 0.1) is 0 Å². The van der Waals surface area contributed by atoms with Crippen LogP contribution >= 0.6 is 0 Å². The second kappa shape index (κ2) is 5.07. The van der Waals surface area contributed by atoms with Crippen LogP contribution in [0.2, 0.25) is 0 Å². The lowest BCUT2D eigenvalue weighted by atomic mass is 10.1. The van der Waals surface area contributed by atoms with E-state index in [0.717, 1.165) is 5.06 Å². The quantitative estimate of drug-likeness (QED) is 0.569. The van der Waals surface area contributed by atoms with Crippen molar-refractivity contribution in [1.82, 2.24) is 5.06 Å². The summed E-state index contributed by atoms with van der Waals surface area (Å²) in [7, 11) is 1.59. The fourth-order valence-electron chi connectivity index (χ4n) is 1.64. The maximum Gasteiger partial charge on any atom is 0.285 e. The third kappa shape index (κ3) is 2.20. The number of hydrogen-bond donors (Lipinski definition) is 0. The Balaban J connectivity index is 2.03. The molecule has 5 nitrogen and oxygen atoms in total. The predicted molar refractivity (Wildman–Crippen MR) is 59.4 cm³/mol. The summed E-state index contributed by atoms with van der Waals surface area (Å²) in [6.07, 6.45) is 0.629. The second-order valence-corrected chi connectivity index (χ2v) is 3.63. The zero-order valence-corrected chi connectivity index (χ0v) is 9.51. The van der Waals surface area contributed by atoms with Gasteiger partial charge in [0.1, 0.15) is 0 Å². The number of amides is 2. The Morgan fingerprint density at radius 3 is 2.18 bits per heavy atom. The van der Waals surface area contributed by atoms with Gasteiger partial charge in [-0.3, -0.25) is 14.4 Å². The van der Waals surface area contributed by atoms with Crippen LogP contribution in [-0.4, -0.2) is 37.2 Å². The molecule has 2 amide bonds. The van der Waals surface area contributed by atoms with Gasteiger partial charge in [-0.2, -0.15) is 0 Å². The summed E-state index contributed by atoms with van der Waals surface area (Å²) >= 11 is 0. The number of carbonyl (C=O) groups excluding carboxylic acids is 2. The Hall–Kier alpha value is -1.72. The Morgan fingerprint density at radius 2 is 1.65 bits per heavy atom. The van der Waals surface area contributed by atoms with Crippen molar-refractivity contribution in [3.63, 3.8) is 0 Å². The van der Waals surface area contributed by atoms with E-state index in [4.69, 9.17) is 9.57 Å². The fraction of sp³-hybridized carbons (Fsp3) is 0.333. The van der Waals surface area contributed by atoms with E-state index in [1.54, 1.807) is 31.4 Å². The molecule has 90 valence electrons. The standard InChI is InChI=1S/C12H13NO4/c1-16-7-4-8-17-13-11(14)9-5-2-3-6-10(9)12(13)15/h2-3,5-6H,4,7-8H2,1H3. The predicted octanol–water partition coefficient (Wildman–Crippen LogP) is 1.25. The van der Waals surface area contributed by atoms with Gasteiger partial charge in [0, 0.05) is 13.7 Å². The van der Waals surface area contributed by atoms with Crippen LogP contribution < -0.4 is 0 Å². The van der Waals surface area contributed by atoms with Gasteiger partial charge >= 0.3 is 0 Å². The van der Waals surface area contributed by atoms with Crippen molar-refractivity contribution in [1.29, 1.82) is 0 Å². The van der Waals surface area contributed by atoms with Gasteiger partial charge in [-0.25, -0.2) is 0 Å². The highest BCUT2D eigenvalue weighted by Crippen LogP contribution is 2.22. The maximum absolute atomic E-state index is 11.8. The van der Waals surface area contributed by atoms with Gasteiger partial charge in [0.15, 0.2) is 0 Å². The van der Waals surface area contributed by atoms with Crippen LogP contribution in [0.15, 0.2) is 24.3 Å². The SMILES string of the molecule is COCCCON1C(=O)c2ccccc2C1=O. The summed E-state index contributed by atoms with van der Waals surface area (Å²) < 4.78 is 4.85. The van der Waals surface area contributed by atoms with Crippen molar-refractivity contribution in [2.75, 3.05) is 20.3 Å². The molecule has 0 N–H and O–H groups in total. The number of hydroxylamine groups is 2. The van der Waals surface area contributed by atoms with Crippen LogP contribution in [0.3, 0.4) is 0 Å². The lowest BCUT2D eigenvalue weighted by molar-refractivity contribution is -0.0947. The molecule has 0 unspecified atom stereocenters. The molecule has 0 spiro atoms. The molecule has 1 aliphatic rings. The zero-order chi connectivity index (χ0) is 12.3. The molecule has 0 fully saturated rings. The minimum Gasteiger partial charge on any atom is -0.385 e. The van der Waals surface area contributed by atoms with E-state index in [0.29, 0.717) is 24.2 Å². The molecule has 0 aromatic heterocycles. The first-order valence-corrected chi connectivity index (χ1v) is 5.35. The van der Waals surface area contributed by atoms with Crippen LogP contribution in [0.1, 0.15) is 27.1 Å². The highest BCUT2D eigenvalue weighted by molar-refractivity contribution is 6.20. The summed E-state index contributed by atoms with van der Waals surface area (Å²) in [5.74, 6) is -0.800. The molecule has 17 heavy (non-hydrogen) atoms. The number of nitrogens with zero attached hydrogens (tertiary/aromatic N) is 1. The Labute approximate surface area is 98.9 Å². The van der Waals surface area contributed by atoms with Crippen molar-refractivity contribution in [3.05, 3.63) is 35.4 Å². The zero-order valence-electron chi connectivity index (χ0n) is 9.51. The summed E-state index contributed by atoms with van der Waals surface area (Å²) in [6.45, 7) is 0.808. The van der Waals surface area contributed by atoms with E-state index in [2.05, 4.69) is 0 Å². The van der Waals surface area contributed by atoms with Crippen LogP contribution in [0.25, 0.3) is 0 Å². The summed E-state index contributed by atoms with van der Waals surface area (Å²) in [4.78, 5) is 28.8. The fourth-order valence-corrected chi connectivity index (χ4v) is 1.64. The Morgan fingerprint density at radius 1 is 1.06 bits per heavy atom. The van der Waals surface area contributed by atoms with E-state index in [9.17, 15) is 9.59 Å². The number of carbonyl (C=O) groups is 2. The minimum atomic E-state index is -0.400. The van der Waals surface area contributed by atoms with Crippen LogP contribution in [0.4, 0.5) is 0 Å². The largest absolute Gasteiger partial charge is 0.385 e. The van der Waals surface area contributed by atoms with E-state index in [-0.39, 0.29) is 6.61 Å². The van der Waals surface area contributed by atoms with E-state index < -0.39 is 11.8 Å². The van der Waals surface area contributed by atoms with Crippen molar-refractivity contribution in [2.24, 2.45) is 0 Å². The van der Waals surface area contributed by atoms with Crippen LogP contribution in [-0.2, 0) is 9.57 Å². The van der Waals surface area contributed by atoms with Crippen molar-refractivity contribution in [3.8, 4) is 0 Å². The number of benzene rings is 1. The van der Waals surface area contributed by atoms with E-state index in [1.807, 2.05) is 0 Å². The van der Waals surface area contributed by atoms with Crippen molar-refractivity contribution >= 4 is 11.8 Å². The van der Waals surface area contributed by atoms with Gasteiger partial charge in [0.25, 0.3) is 11.8 Å². The molecule has 1 aromatic carbocycles. The summed E-state index contributed by atoms with van der Waals surface area (Å²) in [6, 6.07) is 6.68. The average Bonchev–Trinajstić information content (AvgIpc) is 2.60. The smallest absolute Gasteiger partial charge is 0.285 e. The molecular formula is C12H13NO4. The second-order valence-electron chi connectivity index (χ2n) is 3.63. The molecule has 0 atom stereocenters. The molecule has 0 saturated carbocycles. The van der Waals surface area contributed by atoms with Gasteiger partial charge in [-0.15, -0.1) is 5.06 Å². The molecule has 1 aromatic rings. The third-order valence-corrected chi connectivity index (χ3v) is 2.47. The first-order valence-electron chi connectivity index (χ1n) is 5.35. The summed E-state index contributed by atoms with van der Waals surface area (Å²) in [5, 5.41) is 0.820. The molecule has 5 heteroatoms. The molecule has 1 aliphatic heterocycles. The van der Waals surface area contributed by atoms with E-state index >= 15 is 0 Å². The van der Waals surface area contributed by atoms with E-state index in [1.165, 1.54) is 0 Å². The van der Waals surface area contributed by atoms with Gasteiger partial charge in [-0.05, 0) is 18.6 Å². The van der Waals surface area contributed by atoms with Gasteiger partial charge in [0.05, 0.1) is 17.7 Å². The van der Waals surface area contributed by atoms with Crippen molar-refractivity contribution in [2.45, 2.75) is 6.42 Å². The molecular weight excluding hydrogens is 222 g/mol. The topological polar surface area (TPSA) is 55.8 Å². The Kier molecular flexibility index (Phi) is 3.51. The molecule has 2 rings (SSSR count). The highest BCUT2D eigenvalue weighted by atomic mass is 16.7. The first-order chi connectivity index (χ1) is 8.25. The monoisotopic (exact) mass is 235 g/mol. The third-order valence-electron chi connectivity index (χ3n) is 2.47. The molecule has 0 aliphatic carbocycles. The molecule has 0 bridgehead atoms. The molecule has 0 radical (unpaired) electrons. The number of methoxy groups -OCH3 is 1. The Bertz CT molecular complexity index is 409. The maximum atomic E-state index is 11.8. The number of fused-ring (bicyclic) bond motifs is 1. The van der Waals surface area contributed by atoms with Crippen molar-refractivity contribution < 1.29 is 19.2 Å². The number of ether oxygens (including phenoxy) is 1. The number of rotatable bonds is 5. The number of hydrogen-bond acceptors (Lipinski definition) is 4. The van der Waals surface area contributed by atoms with Gasteiger partial charge < -0.3 is 4.74 Å². The van der Waals surface area contributed by atoms with Crippen LogP contribution in [0.5, 0.6) is 0 Å². The lowest BCUT2D eigenvalue weighted by Gasteiger charge is -2.12. The lowest BCUT2D eigenvalue weighted by Crippen LogP contribution is -2.30. The molecule has 0 saturated heterocycles. The average molecular weight is 235 g/mol. The highest BCUT2D eigenvalue weighted by Gasteiger charge is 2.36. The number of imide groups is 1. The summed E-state index contributed by atoms with van der Waals surface area (Å²) in [5.41, 5.74) is 0.786. The molecule has 1 heterocycles. The minimum absolute atomic E-state index is 0.277. The first kappa shape index (κ1) is 11.8. The van der Waals surface area contributed by atoms with Gasteiger partial charge in [0.2, 0.25) is 0 Å². The van der Waals surface area contributed by atoms with Gasteiger partial charge in [-0.1, -0.05) is 12.1 Å². The normalized spacial score (nSPS) is 14.3.